The van der Waals surface area contributed by atoms with Gasteiger partial charge in [0.25, 0.3) is 11.6 Å². The van der Waals surface area contributed by atoms with Crippen molar-refractivity contribution in [3.63, 3.8) is 0 Å². The van der Waals surface area contributed by atoms with Gasteiger partial charge in [0.1, 0.15) is 23.9 Å². The normalized spacial score (nSPS) is 10.7. The first-order valence-electron chi connectivity index (χ1n) is 9.63. The fourth-order valence-electron chi connectivity index (χ4n) is 2.93. The van der Waals surface area contributed by atoms with Crippen LogP contribution in [0, 0.1) is 15.9 Å². The molecule has 9 nitrogen and oxygen atoms in total. The van der Waals surface area contributed by atoms with Crippen molar-refractivity contribution >= 4 is 33.3 Å². The number of hydrogen-bond donors (Lipinski definition) is 1. The second-order valence-corrected chi connectivity index (χ2v) is 7.73. The fourth-order valence-corrected chi connectivity index (χ4v) is 3.34. The molecular weight excluding hydrogens is 499 g/mol. The van der Waals surface area contributed by atoms with Gasteiger partial charge in [-0.25, -0.2) is 4.39 Å². The average molecular weight is 515 g/mol. The molecule has 11 heteroatoms. The van der Waals surface area contributed by atoms with Gasteiger partial charge in [-0.15, -0.1) is 0 Å². The third kappa shape index (κ3) is 5.44. The van der Waals surface area contributed by atoms with Gasteiger partial charge in [-0.3, -0.25) is 19.6 Å². The van der Waals surface area contributed by atoms with Gasteiger partial charge >= 0.3 is 0 Å². The maximum atomic E-state index is 13.9. The minimum atomic E-state index is -0.520. The number of carbonyl (C=O) groups is 1. The van der Waals surface area contributed by atoms with Gasteiger partial charge in [-0.2, -0.15) is 5.10 Å². The molecule has 0 bridgehead atoms. The molecule has 2 aromatic carbocycles. The van der Waals surface area contributed by atoms with Gasteiger partial charge in [0, 0.05) is 23.9 Å². The summed E-state index contributed by atoms with van der Waals surface area (Å²) in [7, 11) is 0. The van der Waals surface area contributed by atoms with Crippen LogP contribution in [0.4, 0.5) is 15.9 Å². The lowest BCUT2D eigenvalue weighted by atomic mass is 10.2. The van der Waals surface area contributed by atoms with Crippen LogP contribution in [0.3, 0.4) is 0 Å². The van der Waals surface area contributed by atoms with Gasteiger partial charge in [-0.1, -0.05) is 18.2 Å². The number of furan rings is 1. The molecule has 0 aliphatic carbocycles. The van der Waals surface area contributed by atoms with E-state index in [1.807, 2.05) is 0 Å². The maximum Gasteiger partial charge on any atom is 0.292 e. The number of aromatic nitrogens is 2. The van der Waals surface area contributed by atoms with Crippen molar-refractivity contribution < 1.29 is 23.3 Å². The van der Waals surface area contributed by atoms with Crippen molar-refractivity contribution in [2.75, 3.05) is 5.32 Å². The van der Waals surface area contributed by atoms with Gasteiger partial charge in [0.15, 0.2) is 11.6 Å². The Hall–Kier alpha value is -3.99. The van der Waals surface area contributed by atoms with E-state index in [4.69, 9.17) is 9.15 Å². The van der Waals surface area contributed by atoms with E-state index in [1.165, 1.54) is 41.1 Å². The lowest BCUT2D eigenvalue weighted by molar-refractivity contribution is -0.384. The summed E-state index contributed by atoms with van der Waals surface area (Å²) in [6.07, 6.45) is 1.63. The molecule has 0 saturated carbocycles. The highest BCUT2D eigenvalue weighted by Gasteiger charge is 2.16. The number of anilines is 1. The van der Waals surface area contributed by atoms with Gasteiger partial charge in [0.2, 0.25) is 0 Å². The molecule has 0 aliphatic heterocycles. The predicted molar refractivity (Wildman–Crippen MR) is 120 cm³/mol. The van der Waals surface area contributed by atoms with E-state index in [0.717, 1.165) is 0 Å². The zero-order valence-electron chi connectivity index (χ0n) is 16.9. The predicted octanol–water partition coefficient (Wildman–Crippen LogP) is 5.17. The van der Waals surface area contributed by atoms with Crippen LogP contribution in [-0.4, -0.2) is 20.6 Å². The van der Waals surface area contributed by atoms with Crippen LogP contribution in [0.15, 0.2) is 75.8 Å². The van der Waals surface area contributed by atoms with Crippen LogP contribution in [-0.2, 0) is 13.2 Å². The minimum absolute atomic E-state index is 0.0338. The summed E-state index contributed by atoms with van der Waals surface area (Å²) in [6, 6.07) is 15.1. The van der Waals surface area contributed by atoms with Crippen molar-refractivity contribution in [2.45, 2.75) is 13.2 Å². The number of halogens is 2. The Kier molecular flexibility index (Phi) is 6.50. The number of rotatable bonds is 8. The summed E-state index contributed by atoms with van der Waals surface area (Å²) in [5.41, 5.74) is 0.427. The number of nitro groups is 1. The largest absolute Gasteiger partial charge is 0.486 e. The molecule has 1 N–H and O–H groups in total. The molecule has 0 saturated heterocycles. The molecule has 4 rings (SSSR count). The molecule has 0 fully saturated rings. The summed E-state index contributed by atoms with van der Waals surface area (Å²) in [4.78, 5) is 22.7. The molecular formula is C22H16BrFN4O5. The second-order valence-electron chi connectivity index (χ2n) is 6.87. The summed E-state index contributed by atoms with van der Waals surface area (Å²) in [6.45, 7) is 0.234. The molecule has 168 valence electrons. The molecule has 33 heavy (non-hydrogen) atoms. The Morgan fingerprint density at radius 2 is 1.94 bits per heavy atom. The first-order valence-corrected chi connectivity index (χ1v) is 10.4. The molecule has 0 aliphatic rings. The highest BCUT2D eigenvalue weighted by atomic mass is 79.9. The number of benzene rings is 2. The van der Waals surface area contributed by atoms with Gasteiger partial charge < -0.3 is 14.5 Å². The zero-order chi connectivity index (χ0) is 23.4. The number of carbonyl (C=O) groups excluding carboxylic acids is 1. The Morgan fingerprint density at radius 1 is 1.18 bits per heavy atom. The van der Waals surface area contributed by atoms with Crippen molar-refractivity contribution in [2.24, 2.45) is 0 Å². The van der Waals surface area contributed by atoms with Crippen molar-refractivity contribution in [3.8, 4) is 5.75 Å². The molecule has 4 aromatic rings. The first-order chi connectivity index (χ1) is 15.9. The molecule has 0 radical (unpaired) electrons. The van der Waals surface area contributed by atoms with Gasteiger partial charge in [0.05, 0.1) is 15.9 Å². The Morgan fingerprint density at radius 3 is 2.67 bits per heavy atom. The highest BCUT2D eigenvalue weighted by Crippen LogP contribution is 2.23. The number of ether oxygens (including phenoxy) is 1. The lowest BCUT2D eigenvalue weighted by Crippen LogP contribution is -2.12. The number of nitrogens with zero attached hydrogens (tertiary/aromatic N) is 3. The number of nitro benzene ring substituents is 1. The van der Waals surface area contributed by atoms with E-state index in [1.54, 1.807) is 30.5 Å². The van der Waals surface area contributed by atoms with Crippen LogP contribution < -0.4 is 10.1 Å². The van der Waals surface area contributed by atoms with Crippen molar-refractivity contribution in [3.05, 3.63) is 104 Å². The highest BCUT2D eigenvalue weighted by molar-refractivity contribution is 9.10. The molecule has 1 amide bonds. The van der Waals surface area contributed by atoms with E-state index in [0.29, 0.717) is 21.5 Å². The van der Waals surface area contributed by atoms with Crippen LogP contribution in [0.25, 0.3) is 0 Å². The van der Waals surface area contributed by atoms with E-state index in [-0.39, 0.29) is 36.2 Å². The molecule has 0 atom stereocenters. The molecule has 0 unspecified atom stereocenters. The topological polar surface area (TPSA) is 112 Å². The lowest BCUT2D eigenvalue weighted by Gasteiger charge is -2.04. The van der Waals surface area contributed by atoms with Crippen LogP contribution in [0.1, 0.15) is 21.9 Å². The Bertz CT molecular complexity index is 1300. The van der Waals surface area contributed by atoms with E-state index in [9.17, 15) is 19.3 Å². The molecule has 0 spiro atoms. The third-order valence-electron chi connectivity index (χ3n) is 4.55. The molecule has 2 heterocycles. The number of nitrogens with one attached hydrogen (secondary N) is 1. The second kappa shape index (κ2) is 9.65. The minimum Gasteiger partial charge on any atom is -0.486 e. The maximum absolute atomic E-state index is 13.9. The standard InChI is InChI=1S/C22H16BrFN4O5/c23-18-12-27(11-14-3-1-2-4-19(14)24)26-21(18)25-22(29)20-10-9-17(33-20)13-32-16-7-5-15(6-8-16)28(30)31/h1-10,12H,11,13H2,(H,25,26,29). The van der Waals surface area contributed by atoms with Crippen molar-refractivity contribution in [1.29, 1.82) is 0 Å². The Balaban J connectivity index is 1.36. The smallest absolute Gasteiger partial charge is 0.292 e. The summed E-state index contributed by atoms with van der Waals surface area (Å²) in [5, 5.41) is 17.6. The summed E-state index contributed by atoms with van der Waals surface area (Å²) in [5.74, 6) is 0.265. The van der Waals surface area contributed by atoms with Crippen LogP contribution in [0.2, 0.25) is 0 Å². The van der Waals surface area contributed by atoms with E-state index in [2.05, 4.69) is 26.3 Å². The van der Waals surface area contributed by atoms with Gasteiger partial charge in [-0.05, 0) is 46.3 Å². The number of amides is 1. The molecule has 2 aromatic heterocycles. The zero-order valence-corrected chi connectivity index (χ0v) is 18.5. The average Bonchev–Trinajstić information content (AvgIpc) is 3.41. The summed E-state index contributed by atoms with van der Waals surface area (Å²) < 4.78 is 26.9. The third-order valence-corrected chi connectivity index (χ3v) is 5.13. The Labute approximate surface area is 195 Å². The SMILES string of the molecule is O=C(Nc1nn(Cc2ccccc2F)cc1Br)c1ccc(COc2ccc([N+](=O)[O-])cc2)o1. The van der Waals surface area contributed by atoms with E-state index >= 15 is 0 Å². The monoisotopic (exact) mass is 514 g/mol. The first kappa shape index (κ1) is 22.2. The van der Waals surface area contributed by atoms with Crippen molar-refractivity contribution in [1.82, 2.24) is 9.78 Å². The van der Waals surface area contributed by atoms with E-state index < -0.39 is 10.8 Å². The number of hydrogen-bond acceptors (Lipinski definition) is 6. The van der Waals surface area contributed by atoms with Crippen LogP contribution in [0.5, 0.6) is 5.75 Å². The number of non-ortho nitro benzene ring substituents is 1. The fraction of sp³-hybridized carbons (Fsp3) is 0.0909. The summed E-state index contributed by atoms with van der Waals surface area (Å²) >= 11 is 3.34. The quantitative estimate of drug-likeness (QED) is 0.256. The van der Waals surface area contributed by atoms with Crippen LogP contribution >= 0.6 is 15.9 Å².